The summed E-state index contributed by atoms with van der Waals surface area (Å²) in [5.74, 6) is 1.01. The fourth-order valence-corrected chi connectivity index (χ4v) is 3.15. The summed E-state index contributed by atoms with van der Waals surface area (Å²) < 4.78 is 11.5. The fourth-order valence-electron chi connectivity index (χ4n) is 2.88. The van der Waals surface area contributed by atoms with Crippen molar-refractivity contribution in [2.75, 3.05) is 5.32 Å². The maximum atomic E-state index is 12.7. The summed E-state index contributed by atoms with van der Waals surface area (Å²) in [5, 5.41) is 13.8. The minimum absolute atomic E-state index is 0.0546. The summed E-state index contributed by atoms with van der Waals surface area (Å²) in [6.45, 7) is 0. The number of ether oxygens (including phenoxy) is 1. The lowest BCUT2D eigenvalue weighted by molar-refractivity contribution is -0.384. The number of anilines is 1. The highest BCUT2D eigenvalue weighted by Gasteiger charge is 2.17. The molecule has 1 N–H and O–H groups in total. The average Bonchev–Trinajstić information content (AvgIpc) is 3.26. The van der Waals surface area contributed by atoms with E-state index in [1.54, 1.807) is 30.3 Å². The Morgan fingerprint density at radius 1 is 0.968 bits per heavy atom. The number of nitrogens with zero attached hydrogens (tertiary/aromatic N) is 1. The molecule has 0 unspecified atom stereocenters. The van der Waals surface area contributed by atoms with Gasteiger partial charge in [0.2, 0.25) is 0 Å². The van der Waals surface area contributed by atoms with Gasteiger partial charge in [0.05, 0.1) is 15.6 Å². The maximum absolute atomic E-state index is 12.7. The molecule has 1 heterocycles. The van der Waals surface area contributed by atoms with Crippen LogP contribution >= 0.6 is 11.6 Å². The number of nitro benzene ring substituents is 1. The highest BCUT2D eigenvalue weighted by atomic mass is 35.5. The molecule has 31 heavy (non-hydrogen) atoms. The van der Waals surface area contributed by atoms with Crippen LogP contribution < -0.4 is 10.1 Å². The predicted octanol–water partition coefficient (Wildman–Crippen LogP) is 6.55. The van der Waals surface area contributed by atoms with Crippen molar-refractivity contribution in [3.05, 3.63) is 106 Å². The molecule has 154 valence electrons. The number of halogens is 1. The van der Waals surface area contributed by atoms with Crippen LogP contribution in [0.4, 0.5) is 11.4 Å². The highest BCUT2D eigenvalue weighted by Crippen LogP contribution is 2.33. The van der Waals surface area contributed by atoms with E-state index < -0.39 is 10.8 Å². The second kappa shape index (κ2) is 8.73. The number of carbonyl (C=O) groups excluding carboxylic acids is 1. The number of nitro groups is 1. The van der Waals surface area contributed by atoms with E-state index in [1.807, 2.05) is 30.3 Å². The molecule has 0 aliphatic rings. The third-order valence-electron chi connectivity index (χ3n) is 4.37. The molecular weight excluding hydrogens is 420 g/mol. The molecule has 0 spiro atoms. The van der Waals surface area contributed by atoms with Crippen molar-refractivity contribution in [2.45, 2.75) is 0 Å². The Balaban J connectivity index is 1.54. The molecule has 0 radical (unpaired) electrons. The Bertz CT molecular complexity index is 1250. The van der Waals surface area contributed by atoms with Crippen molar-refractivity contribution in [1.82, 2.24) is 0 Å². The molecule has 4 rings (SSSR count). The molecule has 0 atom stereocenters. The SMILES string of the molecule is O=C(Nc1ccccc1Oc1ccccc1)c1ccc(-c2ccc([N+](=O)[O-])cc2Cl)o1. The first-order valence-electron chi connectivity index (χ1n) is 9.19. The van der Waals surface area contributed by atoms with Gasteiger partial charge < -0.3 is 14.5 Å². The number of rotatable bonds is 6. The maximum Gasteiger partial charge on any atom is 0.291 e. The zero-order chi connectivity index (χ0) is 21.8. The van der Waals surface area contributed by atoms with E-state index in [4.69, 9.17) is 20.8 Å². The Hall–Kier alpha value is -4.10. The number of para-hydroxylation sites is 3. The molecule has 8 heteroatoms. The van der Waals surface area contributed by atoms with Gasteiger partial charge in [0.15, 0.2) is 11.5 Å². The van der Waals surface area contributed by atoms with Crippen LogP contribution in [0.5, 0.6) is 11.5 Å². The van der Waals surface area contributed by atoms with Crippen LogP contribution in [0.3, 0.4) is 0 Å². The molecule has 4 aromatic rings. The lowest BCUT2D eigenvalue weighted by Crippen LogP contribution is -2.11. The number of hydrogen-bond acceptors (Lipinski definition) is 5. The zero-order valence-corrected chi connectivity index (χ0v) is 16.7. The van der Waals surface area contributed by atoms with Crippen LogP contribution in [0.2, 0.25) is 5.02 Å². The van der Waals surface area contributed by atoms with Gasteiger partial charge in [-0.1, -0.05) is 41.9 Å². The third-order valence-corrected chi connectivity index (χ3v) is 4.68. The zero-order valence-electron chi connectivity index (χ0n) is 15.9. The molecular formula is C23H15ClN2O5. The molecule has 0 aliphatic heterocycles. The van der Waals surface area contributed by atoms with Crippen LogP contribution in [0.15, 0.2) is 89.3 Å². The largest absolute Gasteiger partial charge is 0.455 e. The summed E-state index contributed by atoms with van der Waals surface area (Å²) >= 11 is 6.14. The highest BCUT2D eigenvalue weighted by molar-refractivity contribution is 6.33. The minimum Gasteiger partial charge on any atom is -0.455 e. The lowest BCUT2D eigenvalue weighted by Gasteiger charge is -2.11. The Morgan fingerprint density at radius 2 is 1.71 bits per heavy atom. The summed E-state index contributed by atoms with van der Waals surface area (Å²) in [4.78, 5) is 23.0. The van der Waals surface area contributed by atoms with E-state index in [1.165, 1.54) is 24.3 Å². The van der Waals surface area contributed by atoms with Crippen LogP contribution in [-0.2, 0) is 0 Å². The summed E-state index contributed by atoms with van der Waals surface area (Å²) in [6.07, 6.45) is 0. The quantitative estimate of drug-likeness (QED) is 0.274. The van der Waals surface area contributed by atoms with Gasteiger partial charge in [-0.15, -0.1) is 0 Å². The van der Waals surface area contributed by atoms with Crippen molar-refractivity contribution in [2.24, 2.45) is 0 Å². The van der Waals surface area contributed by atoms with E-state index in [0.29, 0.717) is 28.5 Å². The molecule has 7 nitrogen and oxygen atoms in total. The molecule has 0 saturated heterocycles. The number of nitrogens with one attached hydrogen (secondary N) is 1. The van der Waals surface area contributed by atoms with E-state index in [-0.39, 0.29) is 16.5 Å². The first-order chi connectivity index (χ1) is 15.0. The summed E-state index contributed by atoms with van der Waals surface area (Å²) in [5.41, 5.74) is 0.787. The van der Waals surface area contributed by atoms with Crippen LogP contribution in [0.1, 0.15) is 10.6 Å². The first-order valence-corrected chi connectivity index (χ1v) is 9.56. The summed E-state index contributed by atoms with van der Waals surface area (Å²) in [7, 11) is 0. The number of furan rings is 1. The van der Waals surface area contributed by atoms with Crippen molar-refractivity contribution in [3.63, 3.8) is 0 Å². The summed E-state index contributed by atoms with van der Waals surface area (Å²) in [6, 6.07) is 23.4. The normalized spacial score (nSPS) is 10.5. The Morgan fingerprint density at radius 3 is 2.45 bits per heavy atom. The number of benzene rings is 3. The number of non-ortho nitro benzene ring substituents is 1. The Labute approximate surface area is 182 Å². The molecule has 0 bridgehead atoms. The van der Waals surface area contributed by atoms with Gasteiger partial charge in [-0.2, -0.15) is 0 Å². The van der Waals surface area contributed by atoms with E-state index >= 15 is 0 Å². The Kier molecular flexibility index (Phi) is 5.68. The number of carbonyl (C=O) groups is 1. The molecule has 0 saturated carbocycles. The van der Waals surface area contributed by atoms with Crippen molar-refractivity contribution >= 4 is 28.9 Å². The lowest BCUT2D eigenvalue weighted by atomic mass is 10.1. The van der Waals surface area contributed by atoms with Gasteiger partial charge in [0, 0.05) is 17.7 Å². The van der Waals surface area contributed by atoms with Gasteiger partial charge in [-0.25, -0.2) is 0 Å². The second-order valence-corrected chi connectivity index (χ2v) is 6.86. The monoisotopic (exact) mass is 434 g/mol. The van der Waals surface area contributed by atoms with E-state index in [0.717, 1.165) is 0 Å². The van der Waals surface area contributed by atoms with Gasteiger partial charge in [-0.05, 0) is 42.5 Å². The van der Waals surface area contributed by atoms with E-state index in [2.05, 4.69) is 5.32 Å². The predicted molar refractivity (Wildman–Crippen MR) is 117 cm³/mol. The number of hydrogen-bond donors (Lipinski definition) is 1. The average molecular weight is 435 g/mol. The molecule has 3 aromatic carbocycles. The topological polar surface area (TPSA) is 94.6 Å². The third kappa shape index (κ3) is 4.57. The van der Waals surface area contributed by atoms with Gasteiger partial charge >= 0.3 is 0 Å². The molecule has 1 amide bonds. The van der Waals surface area contributed by atoms with Gasteiger partial charge in [0.25, 0.3) is 11.6 Å². The van der Waals surface area contributed by atoms with Crippen LogP contribution in [-0.4, -0.2) is 10.8 Å². The number of amides is 1. The van der Waals surface area contributed by atoms with Crippen molar-refractivity contribution < 1.29 is 18.9 Å². The minimum atomic E-state index is -0.536. The molecule has 0 fully saturated rings. The van der Waals surface area contributed by atoms with Gasteiger partial charge in [0.1, 0.15) is 11.5 Å². The molecule has 1 aromatic heterocycles. The van der Waals surface area contributed by atoms with E-state index in [9.17, 15) is 14.9 Å². The van der Waals surface area contributed by atoms with Crippen LogP contribution in [0.25, 0.3) is 11.3 Å². The van der Waals surface area contributed by atoms with Crippen molar-refractivity contribution in [3.8, 4) is 22.8 Å². The van der Waals surface area contributed by atoms with Crippen molar-refractivity contribution in [1.29, 1.82) is 0 Å². The standard InChI is InChI=1S/C23H15ClN2O5/c24-18-14-15(26(28)29)10-11-17(18)20-12-13-22(31-20)23(27)25-19-8-4-5-9-21(19)30-16-6-2-1-3-7-16/h1-14H,(H,25,27). The van der Waals surface area contributed by atoms with Gasteiger partial charge in [-0.3, -0.25) is 14.9 Å². The fraction of sp³-hybridized carbons (Fsp3) is 0. The molecule has 0 aliphatic carbocycles. The van der Waals surface area contributed by atoms with Crippen LogP contribution in [0, 0.1) is 10.1 Å². The second-order valence-electron chi connectivity index (χ2n) is 6.45. The smallest absolute Gasteiger partial charge is 0.291 e. The first kappa shape index (κ1) is 20.2.